The molecule has 0 spiro atoms. The van der Waals surface area contributed by atoms with Crippen molar-refractivity contribution in [3.05, 3.63) is 100 Å². The number of hydrogen-bond donors (Lipinski definition) is 1. The van der Waals surface area contributed by atoms with Crippen LogP contribution in [0.1, 0.15) is 45.6 Å². The first-order chi connectivity index (χ1) is 17.4. The minimum absolute atomic E-state index is 0.0124. The number of ether oxygens (including phenoxy) is 2. The van der Waals surface area contributed by atoms with Gasteiger partial charge in [-0.2, -0.15) is 0 Å². The molecule has 8 heteroatoms. The van der Waals surface area contributed by atoms with E-state index in [1.165, 1.54) is 12.0 Å². The van der Waals surface area contributed by atoms with Gasteiger partial charge in [-0.15, -0.1) is 0 Å². The smallest absolute Gasteiger partial charge is 0.337 e. The number of carbonyl (C=O) groups excluding carboxylic acids is 3. The number of amides is 1. The number of hydrogen-bond acceptors (Lipinski definition) is 7. The Labute approximate surface area is 207 Å². The van der Waals surface area contributed by atoms with Crippen molar-refractivity contribution < 1.29 is 29.0 Å². The van der Waals surface area contributed by atoms with Crippen LogP contribution in [-0.4, -0.2) is 45.9 Å². The van der Waals surface area contributed by atoms with Gasteiger partial charge < -0.3 is 19.5 Å². The van der Waals surface area contributed by atoms with E-state index in [4.69, 9.17) is 9.47 Å². The molecule has 1 saturated heterocycles. The molecule has 1 amide bonds. The Morgan fingerprint density at radius 3 is 2.58 bits per heavy atom. The number of fused-ring (bicyclic) bond motifs is 1. The molecule has 2 aromatic carbocycles. The number of aliphatic hydroxyl groups is 1. The maximum atomic E-state index is 13.3. The van der Waals surface area contributed by atoms with Crippen molar-refractivity contribution in [2.24, 2.45) is 0 Å². The number of ketones is 1. The van der Waals surface area contributed by atoms with Crippen LogP contribution >= 0.6 is 0 Å². The van der Waals surface area contributed by atoms with E-state index in [0.29, 0.717) is 23.1 Å². The number of benzene rings is 2. The molecular formula is C28H24N2O6. The zero-order valence-corrected chi connectivity index (χ0v) is 19.8. The first kappa shape index (κ1) is 23.3. The second-order valence-electron chi connectivity index (χ2n) is 8.86. The summed E-state index contributed by atoms with van der Waals surface area (Å²) in [5, 5.41) is 11.4. The van der Waals surface area contributed by atoms with Crippen LogP contribution in [-0.2, 0) is 27.3 Å². The SMILES string of the molecule is COC(=O)c1ccc([C@@H]2C(=C(O)c3ccc4c(c3)C[C@H](C)O4)C(=O)C(=O)N2Cc2cccnc2)cc1. The van der Waals surface area contributed by atoms with E-state index < -0.39 is 23.7 Å². The van der Waals surface area contributed by atoms with Crippen molar-refractivity contribution in [3.63, 3.8) is 0 Å². The van der Waals surface area contributed by atoms with Crippen molar-refractivity contribution in [2.45, 2.75) is 32.0 Å². The van der Waals surface area contributed by atoms with Gasteiger partial charge in [-0.3, -0.25) is 14.6 Å². The largest absolute Gasteiger partial charge is 0.507 e. The number of aliphatic hydroxyl groups excluding tert-OH is 1. The number of carbonyl (C=O) groups is 3. The molecule has 2 atom stereocenters. The fourth-order valence-corrected chi connectivity index (χ4v) is 4.72. The Bertz CT molecular complexity index is 1380. The predicted octanol–water partition coefficient (Wildman–Crippen LogP) is 3.81. The van der Waals surface area contributed by atoms with Crippen molar-refractivity contribution in [1.29, 1.82) is 0 Å². The number of aromatic nitrogens is 1. The lowest BCUT2D eigenvalue weighted by molar-refractivity contribution is -0.140. The molecule has 0 radical (unpaired) electrons. The van der Waals surface area contributed by atoms with Gasteiger partial charge in [-0.25, -0.2) is 4.79 Å². The lowest BCUT2D eigenvalue weighted by atomic mass is 9.94. The predicted molar refractivity (Wildman–Crippen MR) is 130 cm³/mol. The molecular weight excluding hydrogens is 460 g/mol. The first-order valence-electron chi connectivity index (χ1n) is 11.5. The van der Waals surface area contributed by atoms with Gasteiger partial charge in [0.15, 0.2) is 0 Å². The lowest BCUT2D eigenvalue weighted by Gasteiger charge is -2.25. The van der Waals surface area contributed by atoms with Gasteiger partial charge in [0.1, 0.15) is 17.6 Å². The molecule has 8 nitrogen and oxygen atoms in total. The van der Waals surface area contributed by atoms with Crippen LogP contribution in [0.15, 0.2) is 72.6 Å². The Balaban J connectivity index is 1.62. The third kappa shape index (κ3) is 4.11. The van der Waals surface area contributed by atoms with Crippen molar-refractivity contribution in [3.8, 4) is 5.75 Å². The number of nitrogens with zero attached hydrogens (tertiary/aromatic N) is 2. The number of pyridine rings is 1. The number of Topliss-reactive ketones (excluding diaryl/α,β-unsaturated/α-hetero) is 1. The fraction of sp³-hybridized carbons (Fsp3) is 0.214. The van der Waals surface area contributed by atoms with Gasteiger partial charge in [0.2, 0.25) is 0 Å². The van der Waals surface area contributed by atoms with E-state index in [1.54, 1.807) is 60.9 Å². The summed E-state index contributed by atoms with van der Waals surface area (Å²) in [5.41, 5.74) is 2.99. The fourth-order valence-electron chi connectivity index (χ4n) is 4.72. The van der Waals surface area contributed by atoms with Crippen molar-refractivity contribution >= 4 is 23.4 Å². The highest BCUT2D eigenvalue weighted by atomic mass is 16.5. The highest BCUT2D eigenvalue weighted by molar-refractivity contribution is 6.46. The van der Waals surface area contributed by atoms with Crippen molar-refractivity contribution in [1.82, 2.24) is 9.88 Å². The van der Waals surface area contributed by atoms with E-state index in [9.17, 15) is 19.5 Å². The van der Waals surface area contributed by atoms with E-state index in [-0.39, 0.29) is 24.0 Å². The van der Waals surface area contributed by atoms with Crippen LogP contribution in [0, 0.1) is 0 Å². The zero-order valence-electron chi connectivity index (χ0n) is 19.8. The number of rotatable bonds is 5. The average Bonchev–Trinajstić information content (AvgIpc) is 3.39. The molecule has 0 aliphatic carbocycles. The molecule has 36 heavy (non-hydrogen) atoms. The highest BCUT2D eigenvalue weighted by Gasteiger charge is 2.46. The van der Waals surface area contributed by atoms with Crippen LogP contribution < -0.4 is 4.74 Å². The standard InChI is InChI=1S/C28H24N2O6/c1-16-12-21-13-20(9-10-22(21)36-16)25(31)23-24(18-5-7-19(8-6-18)28(34)35-2)30(27(33)26(23)32)15-17-4-3-11-29-14-17/h3-11,13-14,16,24,31H,12,15H2,1-2H3/t16-,24+/m0/s1. The minimum Gasteiger partial charge on any atom is -0.507 e. The summed E-state index contributed by atoms with van der Waals surface area (Å²) in [6, 6.07) is 14.4. The molecule has 1 fully saturated rings. The second kappa shape index (κ2) is 9.30. The molecule has 5 rings (SSSR count). The molecule has 3 aromatic rings. The summed E-state index contributed by atoms with van der Waals surface area (Å²) in [5.74, 6) is -1.51. The van der Waals surface area contributed by atoms with Crippen molar-refractivity contribution in [2.75, 3.05) is 7.11 Å². The molecule has 0 bridgehead atoms. The lowest BCUT2D eigenvalue weighted by Crippen LogP contribution is -2.29. The monoisotopic (exact) mass is 484 g/mol. The Morgan fingerprint density at radius 2 is 1.89 bits per heavy atom. The zero-order chi connectivity index (χ0) is 25.4. The normalized spacial score (nSPS) is 20.2. The molecule has 2 aliphatic heterocycles. The maximum Gasteiger partial charge on any atom is 0.337 e. The third-order valence-electron chi connectivity index (χ3n) is 6.43. The Hall–Kier alpha value is -4.46. The summed E-state index contributed by atoms with van der Waals surface area (Å²) in [7, 11) is 1.29. The topological polar surface area (TPSA) is 106 Å². The molecule has 3 heterocycles. The quantitative estimate of drug-likeness (QED) is 0.254. The van der Waals surface area contributed by atoms with E-state index in [2.05, 4.69) is 4.98 Å². The minimum atomic E-state index is -0.861. The van der Waals surface area contributed by atoms with Gasteiger partial charge in [0.05, 0.1) is 24.3 Å². The van der Waals surface area contributed by atoms with Gasteiger partial charge in [-0.05, 0) is 60.0 Å². The Kier molecular flexibility index (Phi) is 6.01. The van der Waals surface area contributed by atoms with Gasteiger partial charge in [0.25, 0.3) is 11.7 Å². The highest BCUT2D eigenvalue weighted by Crippen LogP contribution is 2.41. The Morgan fingerprint density at radius 1 is 1.14 bits per heavy atom. The molecule has 1 N–H and O–H groups in total. The van der Waals surface area contributed by atoms with Gasteiger partial charge in [0, 0.05) is 30.9 Å². The number of esters is 1. The summed E-state index contributed by atoms with van der Waals surface area (Å²) in [6.07, 6.45) is 3.96. The molecule has 2 aliphatic rings. The van der Waals surface area contributed by atoms with Crippen LogP contribution in [0.3, 0.4) is 0 Å². The summed E-state index contributed by atoms with van der Waals surface area (Å²) < 4.78 is 10.5. The van der Waals surface area contributed by atoms with E-state index in [0.717, 1.165) is 16.9 Å². The maximum absolute atomic E-state index is 13.3. The van der Waals surface area contributed by atoms with Crippen LogP contribution in [0.4, 0.5) is 0 Å². The van der Waals surface area contributed by atoms with E-state index in [1.807, 2.05) is 13.0 Å². The summed E-state index contributed by atoms with van der Waals surface area (Å²) in [6.45, 7) is 2.08. The van der Waals surface area contributed by atoms with Crippen LogP contribution in [0.2, 0.25) is 0 Å². The molecule has 0 unspecified atom stereocenters. The molecule has 0 saturated carbocycles. The van der Waals surface area contributed by atoms with Crippen LogP contribution in [0.25, 0.3) is 5.76 Å². The molecule has 182 valence electrons. The number of likely N-dealkylation sites (tertiary alicyclic amines) is 1. The van der Waals surface area contributed by atoms with Gasteiger partial charge in [-0.1, -0.05) is 18.2 Å². The van der Waals surface area contributed by atoms with Gasteiger partial charge >= 0.3 is 5.97 Å². The number of methoxy groups -OCH3 is 1. The third-order valence-corrected chi connectivity index (χ3v) is 6.43. The summed E-state index contributed by atoms with van der Waals surface area (Å²) in [4.78, 5) is 43.9. The molecule has 1 aromatic heterocycles. The summed E-state index contributed by atoms with van der Waals surface area (Å²) >= 11 is 0. The second-order valence-corrected chi connectivity index (χ2v) is 8.86. The average molecular weight is 485 g/mol. The van der Waals surface area contributed by atoms with E-state index >= 15 is 0 Å². The first-order valence-corrected chi connectivity index (χ1v) is 11.5. The van der Waals surface area contributed by atoms with Crippen LogP contribution in [0.5, 0.6) is 5.75 Å².